The fourth-order valence-electron chi connectivity index (χ4n) is 4.08. The Morgan fingerprint density at radius 3 is 2.54 bits per heavy atom. The molecule has 1 atom stereocenters. The van der Waals surface area contributed by atoms with E-state index in [9.17, 15) is 19.7 Å². The number of fused-ring (bicyclic) bond motifs is 1. The summed E-state index contributed by atoms with van der Waals surface area (Å²) in [4.78, 5) is 42.7. The Morgan fingerprint density at radius 1 is 1.24 bits per heavy atom. The first kappa shape index (κ1) is 26.1. The number of halogens is 1. The van der Waals surface area contributed by atoms with Crippen LogP contribution in [0, 0.1) is 10.1 Å². The molecule has 0 amide bonds. The first-order valence-electron chi connectivity index (χ1n) is 11.1. The molecule has 37 heavy (non-hydrogen) atoms. The number of hydrogen-bond donors (Lipinski definition) is 0. The third-order valence-corrected chi connectivity index (χ3v) is 7.06. The van der Waals surface area contributed by atoms with Gasteiger partial charge in [0.1, 0.15) is 6.04 Å². The molecule has 0 aliphatic carbocycles. The molecule has 12 heteroatoms. The second-order valence-electron chi connectivity index (χ2n) is 7.85. The summed E-state index contributed by atoms with van der Waals surface area (Å²) in [7, 11) is 2.78. The molecule has 4 rings (SSSR count). The Morgan fingerprint density at radius 2 is 1.92 bits per heavy atom. The number of carbonyl (C=O) groups is 1. The highest BCUT2D eigenvalue weighted by Crippen LogP contribution is 2.36. The average molecular weight is 544 g/mol. The Kier molecular flexibility index (Phi) is 7.46. The number of nitrogens with zero attached hydrogens (tertiary/aromatic N) is 3. The molecule has 1 unspecified atom stereocenters. The van der Waals surface area contributed by atoms with E-state index in [0.717, 1.165) is 11.3 Å². The van der Waals surface area contributed by atoms with Gasteiger partial charge >= 0.3 is 5.97 Å². The van der Waals surface area contributed by atoms with Crippen LogP contribution in [0.1, 0.15) is 31.0 Å². The van der Waals surface area contributed by atoms with Crippen molar-refractivity contribution < 1.29 is 23.9 Å². The zero-order valence-electron chi connectivity index (χ0n) is 20.3. The minimum absolute atomic E-state index is 0.137. The lowest BCUT2D eigenvalue weighted by Gasteiger charge is -2.25. The van der Waals surface area contributed by atoms with Gasteiger partial charge in [-0.25, -0.2) is 9.79 Å². The number of esters is 1. The molecule has 0 saturated heterocycles. The summed E-state index contributed by atoms with van der Waals surface area (Å²) in [5.74, 6) is -0.166. The maximum absolute atomic E-state index is 13.7. The highest BCUT2D eigenvalue weighted by atomic mass is 35.5. The highest BCUT2D eigenvalue weighted by Gasteiger charge is 2.34. The van der Waals surface area contributed by atoms with Crippen molar-refractivity contribution in [1.29, 1.82) is 0 Å². The van der Waals surface area contributed by atoms with Gasteiger partial charge in [-0.05, 0) is 37.6 Å². The largest absolute Gasteiger partial charge is 0.493 e. The monoisotopic (exact) mass is 543 g/mol. The summed E-state index contributed by atoms with van der Waals surface area (Å²) in [6.07, 6.45) is 1.40. The Bertz CT molecular complexity index is 1620. The molecular formula is C25H22ClN3O7S. The van der Waals surface area contributed by atoms with E-state index in [1.165, 1.54) is 37.0 Å². The molecule has 1 aromatic heterocycles. The lowest BCUT2D eigenvalue weighted by atomic mass is 9.96. The number of ether oxygens (including phenoxy) is 3. The molecule has 0 fully saturated rings. The van der Waals surface area contributed by atoms with Gasteiger partial charge < -0.3 is 14.2 Å². The molecular weight excluding hydrogens is 522 g/mol. The van der Waals surface area contributed by atoms with E-state index in [4.69, 9.17) is 25.8 Å². The third-order valence-electron chi connectivity index (χ3n) is 5.73. The van der Waals surface area contributed by atoms with Gasteiger partial charge in [-0.1, -0.05) is 41.1 Å². The van der Waals surface area contributed by atoms with Crippen molar-refractivity contribution in [1.82, 2.24) is 4.57 Å². The number of hydrogen-bond acceptors (Lipinski definition) is 9. The van der Waals surface area contributed by atoms with Crippen LogP contribution >= 0.6 is 22.9 Å². The predicted octanol–water partition coefficient (Wildman–Crippen LogP) is 3.38. The van der Waals surface area contributed by atoms with E-state index in [-0.39, 0.29) is 39.5 Å². The summed E-state index contributed by atoms with van der Waals surface area (Å²) in [5, 5.41) is 12.1. The molecule has 1 aliphatic rings. The number of nitro groups is 1. The van der Waals surface area contributed by atoms with E-state index < -0.39 is 22.5 Å². The maximum atomic E-state index is 13.7. The lowest BCUT2D eigenvalue weighted by Crippen LogP contribution is -2.40. The summed E-state index contributed by atoms with van der Waals surface area (Å²) in [6, 6.07) is 8.65. The van der Waals surface area contributed by atoms with E-state index in [1.54, 1.807) is 38.1 Å². The highest BCUT2D eigenvalue weighted by molar-refractivity contribution is 7.07. The van der Waals surface area contributed by atoms with Crippen molar-refractivity contribution >= 4 is 40.7 Å². The fourth-order valence-corrected chi connectivity index (χ4v) is 5.36. The summed E-state index contributed by atoms with van der Waals surface area (Å²) in [6.45, 7) is 3.48. The van der Waals surface area contributed by atoms with Crippen molar-refractivity contribution in [2.45, 2.75) is 19.9 Å². The molecule has 10 nitrogen and oxygen atoms in total. The molecule has 1 aliphatic heterocycles. The molecule has 0 bridgehead atoms. The quantitative estimate of drug-likeness (QED) is 0.254. The number of allylic oxidation sites excluding steroid dienone is 1. The first-order chi connectivity index (χ1) is 17.7. The van der Waals surface area contributed by atoms with Gasteiger partial charge in [-0.3, -0.25) is 19.5 Å². The molecule has 192 valence electrons. The molecule has 0 radical (unpaired) electrons. The van der Waals surface area contributed by atoms with Gasteiger partial charge in [-0.2, -0.15) is 0 Å². The Labute approximate surface area is 219 Å². The third kappa shape index (κ3) is 4.75. The summed E-state index contributed by atoms with van der Waals surface area (Å²) >= 11 is 7.54. The molecule has 0 spiro atoms. The van der Waals surface area contributed by atoms with E-state index >= 15 is 0 Å². The van der Waals surface area contributed by atoms with Gasteiger partial charge in [-0.15, -0.1) is 0 Å². The molecule has 3 aromatic rings. The Balaban J connectivity index is 2.01. The molecule has 0 saturated carbocycles. The van der Waals surface area contributed by atoms with Gasteiger partial charge in [0.05, 0.1) is 53.2 Å². The van der Waals surface area contributed by atoms with Gasteiger partial charge in [0, 0.05) is 5.02 Å². The smallest absolute Gasteiger partial charge is 0.338 e. The average Bonchev–Trinajstić information content (AvgIpc) is 3.17. The van der Waals surface area contributed by atoms with Crippen LogP contribution in [0.3, 0.4) is 0 Å². The van der Waals surface area contributed by atoms with Crippen LogP contribution in [-0.2, 0) is 9.53 Å². The van der Waals surface area contributed by atoms with Crippen LogP contribution in [-0.4, -0.2) is 36.3 Å². The second-order valence-corrected chi connectivity index (χ2v) is 9.26. The number of carbonyl (C=O) groups excluding carboxylic acids is 1. The van der Waals surface area contributed by atoms with Crippen LogP contribution in [0.4, 0.5) is 5.69 Å². The van der Waals surface area contributed by atoms with Crippen LogP contribution in [0.25, 0.3) is 6.08 Å². The standard InChI is InChI=1S/C25H22ClN3O7S/c1-5-36-24(31)21-13(2)27-25-28(22(21)15-8-6-7-9-16(15)26)23(30)20(37-25)11-14-10-18(34-3)19(35-4)12-17(14)29(32)33/h6-12,22H,5H2,1-4H3. The second kappa shape index (κ2) is 10.6. The number of rotatable bonds is 7. The van der Waals surface area contributed by atoms with Crippen molar-refractivity contribution in [2.24, 2.45) is 4.99 Å². The van der Waals surface area contributed by atoms with Crippen molar-refractivity contribution in [3.8, 4) is 11.5 Å². The number of benzene rings is 2. The normalized spacial score (nSPS) is 15.2. The van der Waals surface area contributed by atoms with Crippen LogP contribution in [0.15, 0.2) is 57.5 Å². The number of aromatic nitrogens is 1. The zero-order valence-corrected chi connectivity index (χ0v) is 21.9. The van der Waals surface area contributed by atoms with E-state index in [1.807, 2.05) is 0 Å². The number of nitro benzene ring substituents is 1. The van der Waals surface area contributed by atoms with Gasteiger partial charge in [0.15, 0.2) is 16.3 Å². The van der Waals surface area contributed by atoms with Gasteiger partial charge in [0.2, 0.25) is 0 Å². The molecule has 0 N–H and O–H groups in total. The van der Waals surface area contributed by atoms with Crippen LogP contribution in [0.5, 0.6) is 11.5 Å². The minimum atomic E-state index is -0.897. The molecule has 2 aromatic carbocycles. The van der Waals surface area contributed by atoms with Crippen molar-refractivity contribution in [3.63, 3.8) is 0 Å². The summed E-state index contributed by atoms with van der Waals surface area (Å²) < 4.78 is 17.3. The van der Waals surface area contributed by atoms with Crippen LogP contribution < -0.4 is 24.4 Å². The first-order valence-corrected chi connectivity index (χ1v) is 12.3. The Hall–Kier alpha value is -3.96. The molecule has 2 heterocycles. The number of methoxy groups -OCH3 is 2. The van der Waals surface area contributed by atoms with E-state index in [2.05, 4.69) is 4.99 Å². The van der Waals surface area contributed by atoms with E-state index in [0.29, 0.717) is 21.1 Å². The predicted molar refractivity (Wildman–Crippen MR) is 138 cm³/mol. The summed E-state index contributed by atoms with van der Waals surface area (Å²) in [5.41, 5.74) is 0.468. The topological polar surface area (TPSA) is 122 Å². The minimum Gasteiger partial charge on any atom is -0.493 e. The lowest BCUT2D eigenvalue weighted by molar-refractivity contribution is -0.385. The number of thiazole rings is 1. The van der Waals surface area contributed by atoms with Gasteiger partial charge in [0.25, 0.3) is 11.2 Å². The fraction of sp³-hybridized carbons (Fsp3) is 0.240. The maximum Gasteiger partial charge on any atom is 0.338 e. The van der Waals surface area contributed by atoms with Crippen LogP contribution in [0.2, 0.25) is 5.02 Å². The van der Waals surface area contributed by atoms with Crippen molar-refractivity contribution in [2.75, 3.05) is 20.8 Å². The van der Waals surface area contributed by atoms with Crippen molar-refractivity contribution in [3.05, 3.63) is 93.6 Å². The zero-order chi connectivity index (χ0) is 26.9. The SMILES string of the molecule is CCOC(=O)C1=C(C)N=c2sc(=Cc3cc(OC)c(OC)cc3[N+](=O)[O-])c(=O)n2C1c1ccccc1Cl.